The lowest BCUT2D eigenvalue weighted by molar-refractivity contribution is -0.148. The molecule has 10 nitrogen and oxygen atoms in total. The zero-order valence-electron chi connectivity index (χ0n) is 28.7. The van der Waals surface area contributed by atoms with Crippen LogP contribution in [-0.2, 0) is 23.9 Å². The Kier molecular flexibility index (Phi) is 12.8. The number of carbonyl (C=O) groups excluding carboxylic acids is 3. The van der Waals surface area contributed by atoms with Crippen LogP contribution in [-0.4, -0.2) is 90.8 Å². The van der Waals surface area contributed by atoms with Gasteiger partial charge in [0, 0.05) is 27.1 Å². The average Bonchev–Trinajstić information content (AvgIpc) is 3.34. The topological polar surface area (TPSA) is 125 Å². The van der Waals surface area contributed by atoms with Crippen LogP contribution >= 0.6 is 0 Å². The molecule has 5 atom stereocenters. The third kappa shape index (κ3) is 8.07. The van der Waals surface area contributed by atoms with E-state index in [0.717, 1.165) is 22.3 Å². The van der Waals surface area contributed by atoms with Crippen LogP contribution in [0.3, 0.4) is 0 Å². The van der Waals surface area contributed by atoms with E-state index >= 15 is 0 Å². The Bertz CT molecular complexity index is 1330. The molecule has 0 heterocycles. The lowest BCUT2D eigenvalue weighted by Gasteiger charge is -2.40. The molecule has 252 valence electrons. The number of likely N-dealkylation sites (N-methyl/N-ethyl adjacent to an activating group) is 2. The minimum absolute atomic E-state index is 0.0649. The monoisotopic (exact) mass is 637 g/mol. The van der Waals surface area contributed by atoms with Crippen molar-refractivity contribution in [3.8, 4) is 11.1 Å². The molecule has 0 spiro atoms. The fourth-order valence-corrected chi connectivity index (χ4v) is 6.61. The first-order valence-electron chi connectivity index (χ1n) is 16.1. The number of fused-ring (bicyclic) bond motifs is 3. The van der Waals surface area contributed by atoms with E-state index in [-0.39, 0.29) is 42.6 Å². The number of carboxylic acid groups (broad SMARTS) is 1. The average molecular weight is 638 g/mol. The molecule has 0 aromatic heterocycles. The fourth-order valence-electron chi connectivity index (χ4n) is 6.61. The van der Waals surface area contributed by atoms with Gasteiger partial charge in [0.2, 0.25) is 11.8 Å². The number of amides is 3. The molecule has 2 aromatic rings. The molecule has 0 saturated heterocycles. The van der Waals surface area contributed by atoms with Crippen molar-refractivity contribution in [2.24, 2.45) is 17.8 Å². The Morgan fingerprint density at radius 1 is 0.870 bits per heavy atom. The number of methoxy groups -OCH3 is 1. The van der Waals surface area contributed by atoms with Gasteiger partial charge in [0.25, 0.3) is 0 Å². The predicted octanol–water partition coefficient (Wildman–Crippen LogP) is 5.40. The first-order valence-corrected chi connectivity index (χ1v) is 16.1. The molecule has 1 aliphatic carbocycles. The minimum Gasteiger partial charge on any atom is -0.481 e. The summed E-state index contributed by atoms with van der Waals surface area (Å²) in [5.41, 5.74) is 4.43. The number of nitrogens with one attached hydrogen (secondary N) is 1. The van der Waals surface area contributed by atoms with Gasteiger partial charge in [-0.05, 0) is 40.0 Å². The van der Waals surface area contributed by atoms with Crippen LogP contribution in [0.4, 0.5) is 4.79 Å². The van der Waals surface area contributed by atoms with Gasteiger partial charge in [-0.15, -0.1) is 0 Å². The van der Waals surface area contributed by atoms with Crippen LogP contribution in [0.15, 0.2) is 48.5 Å². The van der Waals surface area contributed by atoms with Crippen molar-refractivity contribution < 1.29 is 33.8 Å². The lowest BCUT2D eigenvalue weighted by Crippen LogP contribution is -2.60. The van der Waals surface area contributed by atoms with Gasteiger partial charge in [0.1, 0.15) is 18.7 Å². The molecular weight excluding hydrogens is 586 g/mol. The van der Waals surface area contributed by atoms with Crippen molar-refractivity contribution >= 4 is 23.9 Å². The van der Waals surface area contributed by atoms with E-state index < -0.39 is 42.2 Å². The van der Waals surface area contributed by atoms with Gasteiger partial charge in [-0.1, -0.05) is 96.5 Å². The Balaban J connectivity index is 1.76. The zero-order chi connectivity index (χ0) is 34.3. The highest BCUT2D eigenvalue weighted by atomic mass is 16.6. The number of hydrogen-bond acceptors (Lipinski definition) is 6. The molecule has 0 fully saturated rings. The molecule has 0 aliphatic heterocycles. The summed E-state index contributed by atoms with van der Waals surface area (Å²) in [5, 5.41) is 12.4. The first kappa shape index (κ1) is 36.5. The molecule has 46 heavy (non-hydrogen) atoms. The number of hydrogen-bond donors (Lipinski definition) is 2. The van der Waals surface area contributed by atoms with Crippen molar-refractivity contribution in [1.82, 2.24) is 15.1 Å². The maximum atomic E-state index is 13.9. The molecule has 2 N–H and O–H groups in total. The summed E-state index contributed by atoms with van der Waals surface area (Å²) in [6, 6.07) is 13.8. The van der Waals surface area contributed by atoms with Crippen LogP contribution < -0.4 is 5.32 Å². The molecule has 2 aromatic carbocycles. The van der Waals surface area contributed by atoms with E-state index in [1.165, 1.54) is 24.0 Å². The van der Waals surface area contributed by atoms with Crippen LogP contribution in [0, 0.1) is 17.8 Å². The second-order valence-corrected chi connectivity index (χ2v) is 13.0. The zero-order valence-corrected chi connectivity index (χ0v) is 28.7. The van der Waals surface area contributed by atoms with E-state index in [9.17, 15) is 24.3 Å². The van der Waals surface area contributed by atoms with Gasteiger partial charge in [-0.25, -0.2) is 4.79 Å². The first-order chi connectivity index (χ1) is 21.7. The second-order valence-electron chi connectivity index (χ2n) is 13.0. The number of ether oxygens (including phenoxy) is 2. The van der Waals surface area contributed by atoms with Gasteiger partial charge >= 0.3 is 12.1 Å². The summed E-state index contributed by atoms with van der Waals surface area (Å²) in [6.45, 7) is 11.4. The molecule has 5 unspecified atom stereocenters. The molecule has 0 saturated carbocycles. The maximum absolute atomic E-state index is 13.9. The van der Waals surface area contributed by atoms with Gasteiger partial charge in [-0.3, -0.25) is 19.3 Å². The van der Waals surface area contributed by atoms with E-state index in [0.29, 0.717) is 6.42 Å². The minimum atomic E-state index is -1.02. The third-order valence-corrected chi connectivity index (χ3v) is 9.25. The molecular formula is C36H51N3O7. The third-order valence-electron chi connectivity index (χ3n) is 9.25. The summed E-state index contributed by atoms with van der Waals surface area (Å²) >= 11 is 0. The SMILES string of the molecule is CCC(C)C(C(CC(=O)O)OC)N(C)C(=O)C(NC(=O)C(C(C)C)N(C)C(=O)OCC1c2ccccc2-c2ccccc21)C(C)C. The van der Waals surface area contributed by atoms with Crippen molar-refractivity contribution in [2.45, 2.75) is 84.5 Å². The van der Waals surface area contributed by atoms with Crippen molar-refractivity contribution in [3.05, 3.63) is 59.7 Å². The Labute approximate surface area is 273 Å². The summed E-state index contributed by atoms with van der Waals surface area (Å²) in [6.07, 6.45) is -0.926. The highest BCUT2D eigenvalue weighted by Gasteiger charge is 2.40. The summed E-state index contributed by atoms with van der Waals surface area (Å²) in [4.78, 5) is 55.6. The molecule has 10 heteroatoms. The molecule has 3 amide bonds. The number of nitrogens with zero attached hydrogens (tertiary/aromatic N) is 2. The van der Waals surface area contributed by atoms with Crippen molar-refractivity contribution in [3.63, 3.8) is 0 Å². The van der Waals surface area contributed by atoms with E-state index in [4.69, 9.17) is 9.47 Å². The molecule has 1 aliphatic rings. The summed E-state index contributed by atoms with van der Waals surface area (Å²) < 4.78 is 11.4. The van der Waals surface area contributed by atoms with Gasteiger partial charge in [-0.2, -0.15) is 0 Å². The van der Waals surface area contributed by atoms with Gasteiger partial charge < -0.3 is 24.8 Å². The Morgan fingerprint density at radius 2 is 1.41 bits per heavy atom. The van der Waals surface area contributed by atoms with Crippen LogP contribution in [0.5, 0.6) is 0 Å². The number of carbonyl (C=O) groups is 4. The van der Waals surface area contributed by atoms with Gasteiger partial charge in [0.05, 0.1) is 18.6 Å². The maximum Gasteiger partial charge on any atom is 0.410 e. The van der Waals surface area contributed by atoms with E-state index in [1.54, 1.807) is 7.05 Å². The van der Waals surface area contributed by atoms with Gasteiger partial charge in [0.15, 0.2) is 0 Å². The number of rotatable bonds is 15. The quantitative estimate of drug-likeness (QED) is 0.268. The number of benzene rings is 2. The fraction of sp³-hybridized carbons (Fsp3) is 0.556. The highest BCUT2D eigenvalue weighted by Crippen LogP contribution is 2.44. The normalized spacial score (nSPS) is 15.7. The number of aliphatic carboxylic acids is 1. The Hall–Kier alpha value is -3.92. The largest absolute Gasteiger partial charge is 0.481 e. The molecule has 3 rings (SSSR count). The standard InChI is InChI=1S/C36H51N3O7/c1-10-23(6)33(29(45-9)19-30(40)41)38(7)35(43)31(21(2)3)37-34(42)32(22(4)5)39(8)36(44)46-20-28-26-17-13-11-15-24(26)25-16-12-14-18-27(25)28/h11-18,21-23,28-29,31-33H,10,19-20H2,1-9H3,(H,37,42)(H,40,41). The van der Waals surface area contributed by atoms with E-state index in [2.05, 4.69) is 17.4 Å². The molecule has 0 bridgehead atoms. The molecule has 0 radical (unpaired) electrons. The van der Waals surface area contributed by atoms with Crippen LogP contribution in [0.1, 0.15) is 71.4 Å². The van der Waals surface area contributed by atoms with E-state index in [1.807, 2.05) is 77.9 Å². The predicted molar refractivity (Wildman–Crippen MR) is 177 cm³/mol. The lowest BCUT2D eigenvalue weighted by atomic mass is 9.90. The summed E-state index contributed by atoms with van der Waals surface area (Å²) in [7, 11) is 4.60. The summed E-state index contributed by atoms with van der Waals surface area (Å²) in [5.74, 6) is -2.61. The smallest absolute Gasteiger partial charge is 0.410 e. The highest BCUT2D eigenvalue weighted by molar-refractivity contribution is 5.91. The second kappa shape index (κ2) is 16.1. The van der Waals surface area contributed by atoms with Crippen molar-refractivity contribution in [2.75, 3.05) is 27.8 Å². The number of carboxylic acids is 1. The van der Waals surface area contributed by atoms with Crippen molar-refractivity contribution in [1.29, 1.82) is 0 Å². The Morgan fingerprint density at radius 3 is 1.87 bits per heavy atom. The van der Waals surface area contributed by atoms with Crippen LogP contribution in [0.25, 0.3) is 11.1 Å². The van der Waals surface area contributed by atoms with Crippen LogP contribution in [0.2, 0.25) is 0 Å².